The maximum Gasteiger partial charge on any atom is 0.261 e. The Kier molecular flexibility index (Phi) is 6.92. The van der Waals surface area contributed by atoms with Crippen molar-refractivity contribution in [2.45, 2.75) is 64.1 Å². The summed E-state index contributed by atoms with van der Waals surface area (Å²) in [4.78, 5) is 41.0. The Morgan fingerprint density at radius 2 is 1.44 bits per heavy atom. The number of amides is 3. The van der Waals surface area contributed by atoms with Gasteiger partial charge in [0.05, 0.1) is 0 Å². The van der Waals surface area contributed by atoms with Crippen molar-refractivity contribution in [2.24, 2.45) is 0 Å². The number of carbonyl (C=O) groups is 3. The minimum Gasteiger partial charge on any atom is -0.380 e. The molecule has 218 valence electrons. The fourth-order valence-electron chi connectivity index (χ4n) is 6.41. The summed E-state index contributed by atoms with van der Waals surface area (Å²) in [6.45, 7) is 2.25. The lowest BCUT2D eigenvalue weighted by molar-refractivity contribution is -0.121. The largest absolute Gasteiger partial charge is 0.380 e. The third-order valence-corrected chi connectivity index (χ3v) is 8.63. The molecule has 2 unspecified atom stereocenters. The average molecular weight is 577 g/mol. The smallest absolute Gasteiger partial charge is 0.261 e. The molecular formula is C32H32N8O3. The van der Waals surface area contributed by atoms with Crippen molar-refractivity contribution in [1.82, 2.24) is 30.6 Å². The molecule has 2 atom stereocenters. The van der Waals surface area contributed by atoms with Gasteiger partial charge in [-0.1, -0.05) is 37.1 Å². The molecule has 43 heavy (non-hydrogen) atoms. The van der Waals surface area contributed by atoms with Crippen LogP contribution in [0.2, 0.25) is 0 Å². The van der Waals surface area contributed by atoms with Crippen molar-refractivity contribution in [3.05, 3.63) is 71.0 Å². The van der Waals surface area contributed by atoms with E-state index in [1.165, 1.54) is 17.7 Å². The summed E-state index contributed by atoms with van der Waals surface area (Å²) in [6, 6.07) is 15.7. The number of aryl methyl sites for hydroxylation is 1. The van der Waals surface area contributed by atoms with E-state index in [-0.39, 0.29) is 30.7 Å². The van der Waals surface area contributed by atoms with Crippen LogP contribution < -0.4 is 16.0 Å². The van der Waals surface area contributed by atoms with E-state index in [9.17, 15) is 14.4 Å². The lowest BCUT2D eigenvalue weighted by Gasteiger charge is -2.32. The number of imide groups is 1. The van der Waals surface area contributed by atoms with Gasteiger partial charge in [0.2, 0.25) is 11.7 Å². The van der Waals surface area contributed by atoms with E-state index in [1.807, 2.05) is 48.5 Å². The van der Waals surface area contributed by atoms with E-state index in [2.05, 4.69) is 36.3 Å². The molecule has 3 amide bonds. The number of hydrogen-bond donors (Lipinski definition) is 3. The highest BCUT2D eigenvalue weighted by atomic mass is 16.2. The zero-order chi connectivity index (χ0) is 29.5. The molecule has 0 spiro atoms. The second-order valence-corrected chi connectivity index (χ2v) is 11.5. The number of nitrogens with one attached hydrogen (secondary N) is 3. The fraction of sp³-hybridized carbons (Fsp3) is 0.344. The molecule has 4 aromatic rings. The molecule has 11 nitrogen and oxygen atoms in total. The molecule has 7 rings (SSSR count). The summed E-state index contributed by atoms with van der Waals surface area (Å²) in [5.41, 5.74) is 4.69. The van der Waals surface area contributed by atoms with Crippen molar-refractivity contribution in [2.75, 3.05) is 17.2 Å². The number of rotatable bonds is 7. The Bertz CT molecular complexity index is 1670. The van der Waals surface area contributed by atoms with Gasteiger partial charge >= 0.3 is 0 Å². The lowest BCUT2D eigenvalue weighted by Crippen LogP contribution is -2.41. The highest BCUT2D eigenvalue weighted by molar-refractivity contribution is 6.28. The molecule has 1 aromatic heterocycles. The zero-order valence-corrected chi connectivity index (χ0v) is 23.9. The Morgan fingerprint density at radius 3 is 2.05 bits per heavy atom. The average Bonchev–Trinajstić information content (AvgIpc) is 3.19. The molecule has 0 bridgehead atoms. The first kappa shape index (κ1) is 26.9. The number of aromatic nitrogens is 4. The van der Waals surface area contributed by atoms with Crippen LogP contribution in [-0.4, -0.2) is 61.6 Å². The van der Waals surface area contributed by atoms with Gasteiger partial charge in [0.1, 0.15) is 0 Å². The molecule has 1 aliphatic carbocycles. The predicted molar refractivity (Wildman–Crippen MR) is 161 cm³/mol. The minimum absolute atomic E-state index is 0.148. The third-order valence-electron chi connectivity index (χ3n) is 8.63. The van der Waals surface area contributed by atoms with Crippen LogP contribution in [0.15, 0.2) is 48.5 Å². The van der Waals surface area contributed by atoms with E-state index in [0.29, 0.717) is 53.2 Å². The molecule has 1 saturated carbocycles. The predicted octanol–water partition coefficient (Wildman–Crippen LogP) is 4.24. The monoisotopic (exact) mass is 576 g/mol. The summed E-state index contributed by atoms with van der Waals surface area (Å²) < 4.78 is 0. The number of fused-ring (bicyclic) bond motifs is 1. The Hall–Kier alpha value is -4.93. The quantitative estimate of drug-likeness (QED) is 0.275. The van der Waals surface area contributed by atoms with Gasteiger partial charge in [-0.3, -0.25) is 19.3 Å². The van der Waals surface area contributed by atoms with Crippen LogP contribution in [0.4, 0.5) is 11.4 Å². The standard InChI is InChI=1S/C32H32N8O3/c1-18-36-38-30(39-37-18)20-10-8-19(9-11-20)17-33-27(41)7-4-16-40-31(42)21-12-14-25-29-26(15-13-22(28(21)29)32(40)43)35-24-6-3-2-5-23(24)34-25/h8-15,23-24,34-35H,2-7,16-17H2,1H3,(H,33,41). The number of hydrogen-bond acceptors (Lipinski definition) is 9. The summed E-state index contributed by atoms with van der Waals surface area (Å²) in [5.74, 6) is 0.167. The molecule has 3 heterocycles. The van der Waals surface area contributed by atoms with E-state index in [1.54, 1.807) is 6.92 Å². The van der Waals surface area contributed by atoms with Crippen LogP contribution in [0.1, 0.15) is 70.6 Å². The van der Waals surface area contributed by atoms with Crippen LogP contribution in [0.5, 0.6) is 0 Å². The van der Waals surface area contributed by atoms with Crippen LogP contribution in [0.25, 0.3) is 22.2 Å². The number of nitrogens with zero attached hydrogens (tertiary/aromatic N) is 5. The minimum atomic E-state index is -0.314. The van der Waals surface area contributed by atoms with Crippen molar-refractivity contribution in [3.63, 3.8) is 0 Å². The molecule has 3 N–H and O–H groups in total. The van der Waals surface area contributed by atoms with Gasteiger partial charge in [-0.2, -0.15) is 0 Å². The summed E-state index contributed by atoms with van der Waals surface area (Å²) in [5, 5.41) is 27.9. The first-order chi connectivity index (χ1) is 21.0. The topological polar surface area (TPSA) is 142 Å². The molecule has 3 aliphatic rings. The zero-order valence-electron chi connectivity index (χ0n) is 23.9. The van der Waals surface area contributed by atoms with E-state index in [4.69, 9.17) is 0 Å². The van der Waals surface area contributed by atoms with E-state index >= 15 is 0 Å². The Balaban J connectivity index is 0.986. The van der Waals surface area contributed by atoms with Crippen molar-refractivity contribution >= 4 is 39.9 Å². The van der Waals surface area contributed by atoms with Crippen LogP contribution >= 0.6 is 0 Å². The third kappa shape index (κ3) is 5.04. The Labute approximate surface area is 248 Å². The van der Waals surface area contributed by atoms with E-state index in [0.717, 1.165) is 40.7 Å². The van der Waals surface area contributed by atoms with Crippen LogP contribution in [0.3, 0.4) is 0 Å². The van der Waals surface area contributed by atoms with Gasteiger partial charge in [-0.25, -0.2) is 0 Å². The van der Waals surface area contributed by atoms with Gasteiger partial charge in [-0.15, -0.1) is 20.4 Å². The van der Waals surface area contributed by atoms with Gasteiger partial charge < -0.3 is 16.0 Å². The molecule has 3 aromatic carbocycles. The van der Waals surface area contributed by atoms with Crippen molar-refractivity contribution in [1.29, 1.82) is 0 Å². The van der Waals surface area contributed by atoms with Gasteiger partial charge in [-0.05, 0) is 56.0 Å². The lowest BCUT2D eigenvalue weighted by atomic mass is 9.90. The van der Waals surface area contributed by atoms with Gasteiger partial charge in [0.25, 0.3) is 11.8 Å². The maximum atomic E-state index is 13.6. The SMILES string of the molecule is Cc1nnc(-c2ccc(CNC(=O)CCCN3C(=O)c4ccc5c6c(ccc(c46)C3=O)NC3CCCCC3N5)cc2)nn1. The molecule has 0 saturated heterocycles. The molecule has 0 radical (unpaired) electrons. The van der Waals surface area contributed by atoms with Crippen molar-refractivity contribution < 1.29 is 14.4 Å². The number of carbonyl (C=O) groups excluding carboxylic acids is 3. The van der Waals surface area contributed by atoms with E-state index < -0.39 is 0 Å². The summed E-state index contributed by atoms with van der Waals surface area (Å²) in [6.07, 6.45) is 5.13. The normalized spacial score (nSPS) is 18.9. The van der Waals surface area contributed by atoms with Gasteiger partial charge in [0, 0.05) is 70.4 Å². The maximum absolute atomic E-state index is 13.6. The number of benzene rings is 3. The van der Waals surface area contributed by atoms with Crippen molar-refractivity contribution in [3.8, 4) is 11.4 Å². The highest BCUT2D eigenvalue weighted by Crippen LogP contribution is 2.42. The summed E-state index contributed by atoms with van der Waals surface area (Å²) in [7, 11) is 0. The molecular weight excluding hydrogens is 544 g/mol. The first-order valence-corrected chi connectivity index (χ1v) is 14.9. The van der Waals surface area contributed by atoms with Crippen LogP contribution in [-0.2, 0) is 11.3 Å². The fourth-order valence-corrected chi connectivity index (χ4v) is 6.41. The molecule has 2 aliphatic heterocycles. The second kappa shape index (κ2) is 11.0. The van der Waals surface area contributed by atoms with Gasteiger partial charge in [0.15, 0.2) is 5.82 Å². The number of anilines is 2. The summed E-state index contributed by atoms with van der Waals surface area (Å²) >= 11 is 0. The second-order valence-electron chi connectivity index (χ2n) is 11.5. The first-order valence-electron chi connectivity index (χ1n) is 14.9. The molecule has 1 fully saturated rings. The highest BCUT2D eigenvalue weighted by Gasteiger charge is 2.36. The molecule has 11 heteroatoms. The Morgan fingerprint density at radius 1 is 0.837 bits per heavy atom. The van der Waals surface area contributed by atoms with Crippen LogP contribution in [0, 0.1) is 6.92 Å².